The summed E-state index contributed by atoms with van der Waals surface area (Å²) in [5.41, 5.74) is 7.14. The summed E-state index contributed by atoms with van der Waals surface area (Å²) in [6.07, 6.45) is 0.989. The molecule has 1 atom stereocenters. The Morgan fingerprint density at radius 1 is 1.12 bits per heavy atom. The molecule has 2 rings (SSSR count). The zero-order chi connectivity index (χ0) is 11.9. The van der Waals surface area contributed by atoms with E-state index in [-0.39, 0.29) is 0 Å². The molecular formula is C14H18N2S. The Balaban J connectivity index is 1.85. The molecule has 0 radical (unpaired) electrons. The van der Waals surface area contributed by atoms with E-state index < -0.39 is 0 Å². The third kappa shape index (κ3) is 3.97. The molecule has 0 aliphatic carbocycles. The molecule has 0 aliphatic heterocycles. The number of hydrogen-bond donors (Lipinski definition) is 2. The molecule has 1 aromatic heterocycles. The SMILES string of the molecule is NCC(Cc1ccccc1)NCc1cccs1. The van der Waals surface area contributed by atoms with Crippen LogP contribution >= 0.6 is 11.3 Å². The quantitative estimate of drug-likeness (QED) is 0.821. The van der Waals surface area contributed by atoms with Crippen molar-refractivity contribution in [2.75, 3.05) is 6.54 Å². The molecule has 0 saturated carbocycles. The Morgan fingerprint density at radius 3 is 2.59 bits per heavy atom. The van der Waals surface area contributed by atoms with E-state index in [4.69, 9.17) is 5.73 Å². The molecule has 1 aromatic carbocycles. The molecule has 3 heteroatoms. The molecule has 0 spiro atoms. The largest absolute Gasteiger partial charge is 0.329 e. The number of hydrogen-bond acceptors (Lipinski definition) is 3. The Morgan fingerprint density at radius 2 is 1.94 bits per heavy atom. The van der Waals surface area contributed by atoms with E-state index in [0.29, 0.717) is 12.6 Å². The summed E-state index contributed by atoms with van der Waals surface area (Å²) >= 11 is 1.78. The van der Waals surface area contributed by atoms with Crippen LogP contribution in [0.15, 0.2) is 47.8 Å². The fraction of sp³-hybridized carbons (Fsp3) is 0.286. The van der Waals surface area contributed by atoms with Crippen LogP contribution < -0.4 is 11.1 Å². The lowest BCUT2D eigenvalue weighted by atomic mass is 10.1. The molecule has 17 heavy (non-hydrogen) atoms. The van der Waals surface area contributed by atoms with E-state index in [1.54, 1.807) is 11.3 Å². The van der Waals surface area contributed by atoms with E-state index in [1.807, 2.05) is 6.07 Å². The molecule has 1 heterocycles. The van der Waals surface area contributed by atoms with Gasteiger partial charge < -0.3 is 11.1 Å². The molecule has 2 nitrogen and oxygen atoms in total. The first-order chi connectivity index (χ1) is 8.38. The van der Waals surface area contributed by atoms with E-state index in [1.165, 1.54) is 10.4 Å². The summed E-state index contributed by atoms with van der Waals surface area (Å²) in [5.74, 6) is 0. The number of thiophene rings is 1. The van der Waals surface area contributed by atoms with Crippen LogP contribution in [0.5, 0.6) is 0 Å². The van der Waals surface area contributed by atoms with Crippen molar-refractivity contribution in [2.24, 2.45) is 5.73 Å². The zero-order valence-electron chi connectivity index (χ0n) is 9.80. The fourth-order valence-electron chi connectivity index (χ4n) is 1.80. The molecule has 0 amide bonds. The van der Waals surface area contributed by atoms with E-state index in [0.717, 1.165) is 13.0 Å². The molecule has 3 N–H and O–H groups in total. The van der Waals surface area contributed by atoms with Gasteiger partial charge in [0, 0.05) is 24.0 Å². The van der Waals surface area contributed by atoms with Gasteiger partial charge in [-0.3, -0.25) is 0 Å². The molecule has 2 aromatic rings. The molecule has 0 aliphatic rings. The predicted molar refractivity (Wildman–Crippen MR) is 74.1 cm³/mol. The average molecular weight is 246 g/mol. The second-order valence-corrected chi connectivity index (χ2v) is 5.11. The Kier molecular flexibility index (Phi) is 4.74. The summed E-state index contributed by atoms with van der Waals surface area (Å²) in [7, 11) is 0. The summed E-state index contributed by atoms with van der Waals surface area (Å²) in [5, 5.41) is 5.61. The van der Waals surface area contributed by atoms with Gasteiger partial charge in [-0.1, -0.05) is 36.4 Å². The lowest BCUT2D eigenvalue weighted by Crippen LogP contribution is -2.37. The van der Waals surface area contributed by atoms with Crippen molar-refractivity contribution in [3.05, 3.63) is 58.3 Å². The van der Waals surface area contributed by atoms with Crippen LogP contribution in [0.3, 0.4) is 0 Å². The van der Waals surface area contributed by atoms with Crippen LogP contribution in [0.25, 0.3) is 0 Å². The third-order valence-electron chi connectivity index (χ3n) is 2.75. The van der Waals surface area contributed by atoms with Gasteiger partial charge in [0.15, 0.2) is 0 Å². The lowest BCUT2D eigenvalue weighted by molar-refractivity contribution is 0.518. The summed E-state index contributed by atoms with van der Waals surface area (Å²) in [6, 6.07) is 15.1. The fourth-order valence-corrected chi connectivity index (χ4v) is 2.45. The van der Waals surface area contributed by atoms with Gasteiger partial charge in [-0.25, -0.2) is 0 Å². The minimum atomic E-state index is 0.347. The van der Waals surface area contributed by atoms with Gasteiger partial charge in [0.25, 0.3) is 0 Å². The Bertz CT molecular complexity index is 411. The minimum absolute atomic E-state index is 0.347. The Labute approximate surface area is 106 Å². The first-order valence-electron chi connectivity index (χ1n) is 5.88. The second kappa shape index (κ2) is 6.55. The molecule has 90 valence electrons. The van der Waals surface area contributed by atoms with Gasteiger partial charge in [-0.15, -0.1) is 11.3 Å². The highest BCUT2D eigenvalue weighted by molar-refractivity contribution is 7.09. The van der Waals surface area contributed by atoms with Crippen molar-refractivity contribution in [1.82, 2.24) is 5.32 Å². The van der Waals surface area contributed by atoms with Gasteiger partial charge in [-0.05, 0) is 23.4 Å². The maximum atomic E-state index is 5.80. The van der Waals surface area contributed by atoms with Gasteiger partial charge in [-0.2, -0.15) is 0 Å². The first kappa shape index (κ1) is 12.3. The van der Waals surface area contributed by atoms with Gasteiger partial charge in [0.1, 0.15) is 0 Å². The van der Waals surface area contributed by atoms with E-state index in [2.05, 4.69) is 47.1 Å². The first-order valence-corrected chi connectivity index (χ1v) is 6.76. The minimum Gasteiger partial charge on any atom is -0.329 e. The van der Waals surface area contributed by atoms with Crippen LogP contribution in [0, 0.1) is 0 Å². The number of nitrogens with two attached hydrogens (primary N) is 1. The molecule has 0 bridgehead atoms. The highest BCUT2D eigenvalue weighted by atomic mass is 32.1. The maximum absolute atomic E-state index is 5.80. The maximum Gasteiger partial charge on any atom is 0.0302 e. The highest BCUT2D eigenvalue weighted by Gasteiger charge is 2.07. The van der Waals surface area contributed by atoms with Crippen LogP contribution in [-0.2, 0) is 13.0 Å². The summed E-state index contributed by atoms with van der Waals surface area (Å²) in [6.45, 7) is 1.58. The molecular weight excluding hydrogens is 228 g/mol. The van der Waals surface area contributed by atoms with Crippen molar-refractivity contribution in [3.8, 4) is 0 Å². The summed E-state index contributed by atoms with van der Waals surface area (Å²) in [4.78, 5) is 1.36. The van der Waals surface area contributed by atoms with Crippen molar-refractivity contribution < 1.29 is 0 Å². The number of rotatable bonds is 6. The van der Waals surface area contributed by atoms with E-state index >= 15 is 0 Å². The van der Waals surface area contributed by atoms with Crippen molar-refractivity contribution in [3.63, 3.8) is 0 Å². The topological polar surface area (TPSA) is 38.0 Å². The second-order valence-electron chi connectivity index (χ2n) is 4.08. The number of benzene rings is 1. The zero-order valence-corrected chi connectivity index (χ0v) is 10.6. The van der Waals surface area contributed by atoms with Gasteiger partial charge >= 0.3 is 0 Å². The Hall–Kier alpha value is -1.16. The smallest absolute Gasteiger partial charge is 0.0302 e. The lowest BCUT2D eigenvalue weighted by Gasteiger charge is -2.16. The van der Waals surface area contributed by atoms with Crippen LogP contribution in [-0.4, -0.2) is 12.6 Å². The van der Waals surface area contributed by atoms with Crippen LogP contribution in [0.1, 0.15) is 10.4 Å². The van der Waals surface area contributed by atoms with Gasteiger partial charge in [0.05, 0.1) is 0 Å². The normalized spacial score (nSPS) is 12.5. The summed E-state index contributed by atoms with van der Waals surface area (Å²) < 4.78 is 0. The van der Waals surface area contributed by atoms with Crippen molar-refractivity contribution in [1.29, 1.82) is 0 Å². The van der Waals surface area contributed by atoms with Crippen molar-refractivity contribution >= 4 is 11.3 Å². The van der Waals surface area contributed by atoms with Crippen LogP contribution in [0.4, 0.5) is 0 Å². The third-order valence-corrected chi connectivity index (χ3v) is 3.63. The molecule has 0 saturated heterocycles. The standard InChI is InChI=1S/C14H18N2S/c15-10-13(9-12-5-2-1-3-6-12)16-11-14-7-4-8-17-14/h1-8,13,16H,9-11,15H2. The number of nitrogens with one attached hydrogen (secondary N) is 1. The molecule has 1 unspecified atom stereocenters. The highest BCUT2D eigenvalue weighted by Crippen LogP contribution is 2.09. The van der Waals surface area contributed by atoms with Crippen LogP contribution in [0.2, 0.25) is 0 Å². The van der Waals surface area contributed by atoms with Gasteiger partial charge in [0.2, 0.25) is 0 Å². The average Bonchev–Trinajstić information content (AvgIpc) is 2.89. The molecule has 0 fully saturated rings. The van der Waals surface area contributed by atoms with Crippen molar-refractivity contribution in [2.45, 2.75) is 19.0 Å². The van der Waals surface area contributed by atoms with E-state index in [9.17, 15) is 0 Å². The monoisotopic (exact) mass is 246 g/mol. The predicted octanol–water partition coefficient (Wildman–Crippen LogP) is 2.41.